The molecule has 80 valence electrons. The smallest absolute Gasteiger partial charge is 0.307 e. The van der Waals surface area contributed by atoms with Gasteiger partial charge in [0.25, 0.3) is 0 Å². The third-order valence-corrected chi connectivity index (χ3v) is 2.30. The highest BCUT2D eigenvalue weighted by Crippen LogP contribution is 2.09. The van der Waals surface area contributed by atoms with Crippen LogP contribution in [0.25, 0.3) is 0 Å². The molecule has 3 nitrogen and oxygen atoms in total. The molecule has 0 saturated heterocycles. The molecule has 0 aromatic carbocycles. The zero-order valence-electron chi connectivity index (χ0n) is 8.79. The highest BCUT2D eigenvalue weighted by Gasteiger charge is 2.08. The monoisotopic (exact) mass is 197 g/mol. The molecule has 1 rings (SSSR count). The molecule has 0 spiro atoms. The van der Waals surface area contributed by atoms with E-state index in [1.807, 2.05) is 6.92 Å². The first kappa shape index (κ1) is 11.2. The van der Waals surface area contributed by atoms with Gasteiger partial charge in [0.05, 0.1) is 13.0 Å². The Labute approximate surface area is 85.5 Å². The number of carbonyl (C=O) groups excluding carboxylic acids is 1. The molecule has 0 saturated carbocycles. The van der Waals surface area contributed by atoms with Crippen LogP contribution in [0.4, 0.5) is 0 Å². The Kier molecular flexibility index (Phi) is 5.30. The van der Waals surface area contributed by atoms with Crippen LogP contribution in [0.3, 0.4) is 0 Å². The number of allylic oxidation sites excluding steroid dienone is 1. The van der Waals surface area contributed by atoms with Gasteiger partial charge in [-0.15, -0.1) is 0 Å². The maximum absolute atomic E-state index is 11.0. The summed E-state index contributed by atoms with van der Waals surface area (Å²) in [6.07, 6.45) is 8.47. The zero-order chi connectivity index (χ0) is 10.2. The van der Waals surface area contributed by atoms with E-state index in [0.29, 0.717) is 25.6 Å². The van der Waals surface area contributed by atoms with Crippen molar-refractivity contribution in [1.29, 1.82) is 0 Å². The maximum Gasteiger partial charge on any atom is 0.307 e. The van der Waals surface area contributed by atoms with Gasteiger partial charge in [0, 0.05) is 12.6 Å². The number of rotatable bonds is 5. The maximum atomic E-state index is 11.0. The van der Waals surface area contributed by atoms with E-state index in [0.717, 1.165) is 0 Å². The molecule has 0 bridgehead atoms. The molecule has 14 heavy (non-hydrogen) atoms. The van der Waals surface area contributed by atoms with Crippen LogP contribution in [0.5, 0.6) is 0 Å². The second kappa shape index (κ2) is 6.60. The minimum Gasteiger partial charge on any atom is -0.466 e. The second-order valence-electron chi connectivity index (χ2n) is 3.47. The summed E-state index contributed by atoms with van der Waals surface area (Å²) < 4.78 is 4.83. The fourth-order valence-corrected chi connectivity index (χ4v) is 1.58. The molecule has 0 aromatic heterocycles. The van der Waals surface area contributed by atoms with Crippen LogP contribution in [0.15, 0.2) is 12.2 Å². The first-order valence-electron chi connectivity index (χ1n) is 5.38. The summed E-state index contributed by atoms with van der Waals surface area (Å²) >= 11 is 0. The number of hydrogen-bond donors (Lipinski definition) is 1. The summed E-state index contributed by atoms with van der Waals surface area (Å²) in [6, 6.07) is 0.457. The predicted octanol–water partition coefficient (Wildman–Crippen LogP) is 1.64. The van der Waals surface area contributed by atoms with Crippen molar-refractivity contribution in [3.63, 3.8) is 0 Å². The third kappa shape index (κ3) is 4.42. The number of esters is 1. The lowest BCUT2D eigenvalue weighted by Crippen LogP contribution is -2.30. The lowest BCUT2D eigenvalue weighted by Gasteiger charge is -2.17. The molecule has 0 heterocycles. The zero-order valence-corrected chi connectivity index (χ0v) is 8.79. The highest BCUT2D eigenvalue weighted by molar-refractivity contribution is 5.69. The lowest BCUT2D eigenvalue weighted by atomic mass is 10.0. The lowest BCUT2D eigenvalue weighted by molar-refractivity contribution is -0.142. The van der Waals surface area contributed by atoms with Crippen molar-refractivity contribution in [2.24, 2.45) is 0 Å². The van der Waals surface area contributed by atoms with Crippen LogP contribution >= 0.6 is 0 Å². The van der Waals surface area contributed by atoms with Crippen LogP contribution in [0.1, 0.15) is 32.6 Å². The van der Waals surface area contributed by atoms with Crippen molar-refractivity contribution in [2.75, 3.05) is 13.2 Å². The van der Waals surface area contributed by atoms with Crippen LogP contribution in [0, 0.1) is 0 Å². The molecular weight excluding hydrogens is 178 g/mol. The molecule has 3 heteroatoms. The Morgan fingerprint density at radius 2 is 2.50 bits per heavy atom. The fraction of sp³-hybridized carbons (Fsp3) is 0.727. The predicted molar refractivity (Wildman–Crippen MR) is 56.0 cm³/mol. The first-order valence-corrected chi connectivity index (χ1v) is 5.38. The summed E-state index contributed by atoms with van der Waals surface area (Å²) in [5.41, 5.74) is 0. The van der Waals surface area contributed by atoms with Crippen LogP contribution < -0.4 is 5.32 Å². The Bertz CT molecular complexity index is 201. The van der Waals surface area contributed by atoms with Crippen molar-refractivity contribution in [2.45, 2.75) is 38.6 Å². The average molecular weight is 197 g/mol. The Balaban J connectivity index is 2.05. The van der Waals surface area contributed by atoms with Crippen molar-refractivity contribution < 1.29 is 9.53 Å². The van der Waals surface area contributed by atoms with Gasteiger partial charge < -0.3 is 10.1 Å². The second-order valence-corrected chi connectivity index (χ2v) is 3.47. The average Bonchev–Trinajstić information content (AvgIpc) is 2.20. The number of hydrogen-bond acceptors (Lipinski definition) is 3. The number of carbonyl (C=O) groups is 1. The quantitative estimate of drug-likeness (QED) is 0.538. The molecular formula is C11H19NO2. The van der Waals surface area contributed by atoms with Gasteiger partial charge in [-0.25, -0.2) is 0 Å². The Morgan fingerprint density at radius 1 is 1.64 bits per heavy atom. The first-order chi connectivity index (χ1) is 6.83. The molecule has 0 aromatic rings. The van der Waals surface area contributed by atoms with E-state index in [1.54, 1.807) is 0 Å². The summed E-state index contributed by atoms with van der Waals surface area (Å²) in [5, 5.41) is 3.32. The molecule has 0 amide bonds. The number of nitrogens with one attached hydrogen (secondary N) is 1. The van der Waals surface area contributed by atoms with Crippen molar-refractivity contribution in [3.05, 3.63) is 12.2 Å². The third-order valence-electron chi connectivity index (χ3n) is 2.30. The van der Waals surface area contributed by atoms with Crippen LogP contribution in [0.2, 0.25) is 0 Å². The minimum atomic E-state index is -0.111. The van der Waals surface area contributed by atoms with E-state index < -0.39 is 0 Å². The van der Waals surface area contributed by atoms with Gasteiger partial charge in [-0.05, 0) is 26.2 Å². The van der Waals surface area contributed by atoms with E-state index in [4.69, 9.17) is 4.74 Å². The Hall–Kier alpha value is -0.830. The molecule has 0 radical (unpaired) electrons. The van der Waals surface area contributed by atoms with Crippen LogP contribution in [-0.4, -0.2) is 25.2 Å². The number of ether oxygens (including phenoxy) is 1. The van der Waals surface area contributed by atoms with Gasteiger partial charge in [-0.2, -0.15) is 0 Å². The van der Waals surface area contributed by atoms with Crippen LogP contribution in [-0.2, 0) is 9.53 Å². The topological polar surface area (TPSA) is 38.3 Å². The van der Waals surface area contributed by atoms with Crippen molar-refractivity contribution in [3.8, 4) is 0 Å². The van der Waals surface area contributed by atoms with E-state index in [-0.39, 0.29) is 5.97 Å². The largest absolute Gasteiger partial charge is 0.466 e. The standard InChI is InChI=1S/C11H19NO2/c1-2-14-11(13)8-9-12-10-6-4-3-5-7-10/h4,6,10,12H,2-3,5,7-9H2,1H3. The highest BCUT2D eigenvalue weighted by atomic mass is 16.5. The summed E-state index contributed by atoms with van der Waals surface area (Å²) in [6.45, 7) is 3.02. The fourth-order valence-electron chi connectivity index (χ4n) is 1.58. The van der Waals surface area contributed by atoms with Crippen molar-refractivity contribution >= 4 is 5.97 Å². The summed E-state index contributed by atoms with van der Waals surface area (Å²) in [4.78, 5) is 11.0. The summed E-state index contributed by atoms with van der Waals surface area (Å²) in [5.74, 6) is -0.111. The van der Waals surface area contributed by atoms with Gasteiger partial charge in [-0.3, -0.25) is 4.79 Å². The SMILES string of the molecule is CCOC(=O)CCNC1C=CCCC1. The Morgan fingerprint density at radius 3 is 3.14 bits per heavy atom. The van der Waals surface area contributed by atoms with E-state index in [2.05, 4.69) is 17.5 Å². The molecule has 1 aliphatic rings. The van der Waals surface area contributed by atoms with E-state index >= 15 is 0 Å². The molecule has 1 N–H and O–H groups in total. The molecule has 1 atom stereocenters. The molecule has 0 aliphatic heterocycles. The van der Waals surface area contributed by atoms with E-state index in [1.165, 1.54) is 19.3 Å². The van der Waals surface area contributed by atoms with Gasteiger partial charge in [0.2, 0.25) is 0 Å². The van der Waals surface area contributed by atoms with Gasteiger partial charge in [-0.1, -0.05) is 12.2 Å². The normalized spacial score (nSPS) is 20.8. The van der Waals surface area contributed by atoms with Gasteiger partial charge >= 0.3 is 5.97 Å². The summed E-state index contributed by atoms with van der Waals surface area (Å²) in [7, 11) is 0. The molecule has 1 unspecified atom stereocenters. The molecule has 0 fully saturated rings. The van der Waals surface area contributed by atoms with Gasteiger partial charge in [0.15, 0.2) is 0 Å². The van der Waals surface area contributed by atoms with Gasteiger partial charge in [0.1, 0.15) is 0 Å². The minimum absolute atomic E-state index is 0.111. The van der Waals surface area contributed by atoms with Crippen molar-refractivity contribution in [1.82, 2.24) is 5.32 Å². The molecule has 1 aliphatic carbocycles. The van der Waals surface area contributed by atoms with E-state index in [9.17, 15) is 4.79 Å².